The first-order chi connectivity index (χ1) is 9.75. The summed E-state index contributed by atoms with van der Waals surface area (Å²) in [5.41, 5.74) is 0. The molecule has 4 rings (SSSR count). The standard InChI is InChI=1S/C14H20N4O2/c19-12(20)7-11(8-5-6-8)18-14(15-16-17-18)13-9-3-1-2-4-10(9)13/h8-11,13H,1-7H2,(H,19,20). The summed E-state index contributed by atoms with van der Waals surface area (Å²) in [7, 11) is 0. The third-order valence-corrected chi connectivity index (χ3v) is 5.34. The van der Waals surface area contributed by atoms with Gasteiger partial charge in [-0.15, -0.1) is 5.10 Å². The number of tetrazole rings is 1. The monoisotopic (exact) mass is 276 g/mol. The highest BCUT2D eigenvalue weighted by molar-refractivity contribution is 5.67. The second-order valence-corrected chi connectivity index (χ2v) is 6.62. The van der Waals surface area contributed by atoms with Crippen LogP contribution in [0.15, 0.2) is 0 Å². The Morgan fingerprint density at radius 3 is 2.55 bits per heavy atom. The lowest BCUT2D eigenvalue weighted by Crippen LogP contribution is -2.19. The lowest BCUT2D eigenvalue weighted by Gasteiger charge is -2.15. The molecule has 1 heterocycles. The first-order valence-corrected chi connectivity index (χ1v) is 7.75. The Hall–Kier alpha value is -1.46. The van der Waals surface area contributed by atoms with Crippen molar-refractivity contribution in [3.05, 3.63) is 5.82 Å². The maximum Gasteiger partial charge on any atom is 0.305 e. The molecule has 3 unspecified atom stereocenters. The van der Waals surface area contributed by atoms with Crippen molar-refractivity contribution < 1.29 is 9.90 Å². The summed E-state index contributed by atoms with van der Waals surface area (Å²) in [6.45, 7) is 0. The molecule has 3 atom stereocenters. The van der Waals surface area contributed by atoms with Crippen molar-refractivity contribution in [2.75, 3.05) is 0 Å². The molecule has 0 amide bonds. The van der Waals surface area contributed by atoms with Crippen LogP contribution in [-0.4, -0.2) is 31.3 Å². The minimum absolute atomic E-state index is 0.0415. The van der Waals surface area contributed by atoms with E-state index in [0.29, 0.717) is 11.8 Å². The number of hydrogen-bond donors (Lipinski definition) is 1. The maximum atomic E-state index is 11.1. The Morgan fingerprint density at radius 2 is 1.95 bits per heavy atom. The summed E-state index contributed by atoms with van der Waals surface area (Å²) in [5, 5.41) is 21.4. The molecule has 6 nitrogen and oxygen atoms in total. The van der Waals surface area contributed by atoms with Gasteiger partial charge in [0.25, 0.3) is 0 Å². The van der Waals surface area contributed by atoms with Gasteiger partial charge < -0.3 is 5.11 Å². The predicted molar refractivity (Wildman–Crippen MR) is 70.0 cm³/mol. The van der Waals surface area contributed by atoms with Gasteiger partial charge >= 0.3 is 5.97 Å². The van der Waals surface area contributed by atoms with Crippen molar-refractivity contribution >= 4 is 5.97 Å². The molecule has 0 saturated heterocycles. The number of carbonyl (C=O) groups is 1. The van der Waals surface area contributed by atoms with Crippen molar-refractivity contribution in [3.63, 3.8) is 0 Å². The van der Waals surface area contributed by atoms with Gasteiger partial charge in [0.1, 0.15) is 0 Å². The Balaban J connectivity index is 1.59. The van der Waals surface area contributed by atoms with E-state index in [1.54, 1.807) is 0 Å². The highest BCUT2D eigenvalue weighted by Crippen LogP contribution is 2.61. The smallest absolute Gasteiger partial charge is 0.305 e. The van der Waals surface area contributed by atoms with Gasteiger partial charge in [-0.1, -0.05) is 12.8 Å². The quantitative estimate of drug-likeness (QED) is 0.889. The van der Waals surface area contributed by atoms with Gasteiger partial charge in [0.15, 0.2) is 5.82 Å². The van der Waals surface area contributed by atoms with Gasteiger partial charge in [-0.3, -0.25) is 4.79 Å². The van der Waals surface area contributed by atoms with Gasteiger partial charge in [-0.2, -0.15) is 0 Å². The number of rotatable bonds is 5. The second-order valence-electron chi connectivity index (χ2n) is 6.62. The number of nitrogens with zero attached hydrogens (tertiary/aromatic N) is 4. The summed E-state index contributed by atoms with van der Waals surface area (Å²) in [5.74, 6) is 2.64. The molecule has 0 radical (unpaired) electrons. The predicted octanol–water partition coefficient (Wildman–Crippen LogP) is 2.00. The fourth-order valence-electron chi connectivity index (χ4n) is 4.14. The number of carboxylic acids is 1. The highest BCUT2D eigenvalue weighted by Gasteiger charge is 2.54. The number of carboxylic acid groups (broad SMARTS) is 1. The summed E-state index contributed by atoms with van der Waals surface area (Å²) in [6, 6.07) is -0.0415. The van der Waals surface area contributed by atoms with Crippen molar-refractivity contribution in [1.29, 1.82) is 0 Å². The minimum Gasteiger partial charge on any atom is -0.481 e. The van der Waals surface area contributed by atoms with Crippen molar-refractivity contribution in [3.8, 4) is 0 Å². The van der Waals surface area contributed by atoms with Crippen LogP contribution in [0.3, 0.4) is 0 Å². The second kappa shape index (κ2) is 4.53. The van der Waals surface area contributed by atoms with Gasteiger partial charge in [-0.05, 0) is 53.9 Å². The third kappa shape index (κ3) is 2.01. The Morgan fingerprint density at radius 1 is 1.25 bits per heavy atom. The van der Waals surface area contributed by atoms with Crippen LogP contribution in [0.2, 0.25) is 0 Å². The van der Waals surface area contributed by atoms with Gasteiger partial charge in [-0.25, -0.2) is 4.68 Å². The topological polar surface area (TPSA) is 80.9 Å². The largest absolute Gasteiger partial charge is 0.481 e. The van der Waals surface area contributed by atoms with Crippen molar-refractivity contribution in [2.45, 2.75) is 56.9 Å². The number of hydrogen-bond acceptors (Lipinski definition) is 4. The Labute approximate surface area is 117 Å². The van der Waals surface area contributed by atoms with E-state index in [9.17, 15) is 4.79 Å². The molecule has 0 aromatic carbocycles. The van der Waals surface area contributed by atoms with Crippen LogP contribution in [0, 0.1) is 17.8 Å². The molecule has 0 bridgehead atoms. The van der Waals surface area contributed by atoms with Crippen molar-refractivity contribution in [1.82, 2.24) is 20.2 Å². The zero-order valence-corrected chi connectivity index (χ0v) is 11.5. The van der Waals surface area contributed by atoms with Gasteiger partial charge in [0.2, 0.25) is 0 Å². The fourth-order valence-corrected chi connectivity index (χ4v) is 4.14. The van der Waals surface area contributed by atoms with E-state index in [4.69, 9.17) is 5.11 Å². The van der Waals surface area contributed by atoms with E-state index in [-0.39, 0.29) is 12.5 Å². The molecule has 0 aliphatic heterocycles. The van der Waals surface area contributed by atoms with Crippen LogP contribution < -0.4 is 0 Å². The third-order valence-electron chi connectivity index (χ3n) is 5.34. The average molecular weight is 276 g/mol. The Kier molecular flexibility index (Phi) is 2.79. The van der Waals surface area contributed by atoms with Crippen LogP contribution in [-0.2, 0) is 4.79 Å². The van der Waals surface area contributed by atoms with Crippen LogP contribution in [0.4, 0.5) is 0 Å². The molecule has 108 valence electrons. The average Bonchev–Trinajstić information content (AvgIpc) is 3.34. The molecule has 1 aromatic heterocycles. The number of fused-ring (bicyclic) bond motifs is 1. The minimum atomic E-state index is -0.753. The van der Waals surface area contributed by atoms with E-state index >= 15 is 0 Å². The molecule has 3 aliphatic carbocycles. The fraction of sp³-hybridized carbons (Fsp3) is 0.857. The summed E-state index contributed by atoms with van der Waals surface area (Å²) < 4.78 is 1.86. The van der Waals surface area contributed by atoms with E-state index in [0.717, 1.165) is 30.5 Å². The van der Waals surface area contributed by atoms with Crippen LogP contribution in [0.5, 0.6) is 0 Å². The van der Waals surface area contributed by atoms with Gasteiger partial charge in [0.05, 0.1) is 12.5 Å². The van der Waals surface area contributed by atoms with Crippen molar-refractivity contribution in [2.24, 2.45) is 17.8 Å². The first kappa shape index (κ1) is 12.3. The first-order valence-electron chi connectivity index (χ1n) is 7.75. The molecule has 6 heteroatoms. The Bertz CT molecular complexity index is 513. The SMILES string of the molecule is O=C(O)CC(C1CC1)n1nnnc1C1C2CCCCC21. The van der Waals surface area contributed by atoms with E-state index in [1.165, 1.54) is 25.7 Å². The van der Waals surface area contributed by atoms with E-state index in [2.05, 4.69) is 15.5 Å². The molecule has 20 heavy (non-hydrogen) atoms. The van der Waals surface area contributed by atoms with E-state index < -0.39 is 5.97 Å². The maximum absolute atomic E-state index is 11.1. The molecule has 0 spiro atoms. The summed E-state index contributed by atoms with van der Waals surface area (Å²) in [4.78, 5) is 11.1. The van der Waals surface area contributed by atoms with Crippen LogP contribution >= 0.6 is 0 Å². The lowest BCUT2D eigenvalue weighted by molar-refractivity contribution is -0.138. The molecular weight excluding hydrogens is 256 g/mol. The molecule has 3 aliphatic rings. The zero-order chi connectivity index (χ0) is 13.7. The lowest BCUT2D eigenvalue weighted by atomic mass is 10.0. The molecular formula is C14H20N4O2. The molecule has 1 aromatic rings. The zero-order valence-electron chi connectivity index (χ0n) is 11.5. The van der Waals surface area contributed by atoms with E-state index in [1.807, 2.05) is 4.68 Å². The normalized spacial score (nSPS) is 33.5. The molecule has 3 saturated carbocycles. The van der Waals surface area contributed by atoms with Crippen LogP contribution in [0.1, 0.15) is 62.7 Å². The highest BCUT2D eigenvalue weighted by atomic mass is 16.4. The summed E-state index contributed by atoms with van der Waals surface area (Å²) >= 11 is 0. The number of aromatic nitrogens is 4. The van der Waals surface area contributed by atoms with Gasteiger partial charge in [0, 0.05) is 5.92 Å². The van der Waals surface area contributed by atoms with Crippen LogP contribution in [0.25, 0.3) is 0 Å². The summed E-state index contributed by atoms with van der Waals surface area (Å²) in [6.07, 6.45) is 7.57. The molecule has 1 N–H and O–H groups in total. The molecule has 3 fully saturated rings. The number of aliphatic carboxylic acids is 1.